The molecule has 24 heavy (non-hydrogen) atoms. The van der Waals surface area contributed by atoms with Gasteiger partial charge >= 0.3 is 5.97 Å². The molecule has 2 rings (SSSR count). The van der Waals surface area contributed by atoms with E-state index in [0.717, 1.165) is 11.5 Å². The topological polar surface area (TPSA) is 53.4 Å². The summed E-state index contributed by atoms with van der Waals surface area (Å²) in [6.45, 7) is 12.9. The summed E-state index contributed by atoms with van der Waals surface area (Å²) in [5, 5.41) is 9.06. The molecule has 1 heterocycles. The zero-order valence-electron chi connectivity index (χ0n) is 15.3. The van der Waals surface area contributed by atoms with E-state index in [1.807, 2.05) is 0 Å². The van der Waals surface area contributed by atoms with E-state index in [4.69, 9.17) is 5.11 Å². The van der Waals surface area contributed by atoms with Gasteiger partial charge in [0, 0.05) is 17.9 Å². The van der Waals surface area contributed by atoms with Crippen molar-refractivity contribution in [3.8, 4) is 0 Å². The first-order valence-electron chi connectivity index (χ1n) is 8.21. The maximum absolute atomic E-state index is 11.0. The Labute approximate surface area is 144 Å². The summed E-state index contributed by atoms with van der Waals surface area (Å²) in [4.78, 5) is 17.6. The van der Waals surface area contributed by atoms with Crippen LogP contribution in [0.15, 0.2) is 36.5 Å². The molecule has 1 aromatic carbocycles. The number of carboxylic acid groups (broad SMARTS) is 1. The molecule has 2 aromatic rings. The van der Waals surface area contributed by atoms with Gasteiger partial charge in [-0.3, -0.25) is 0 Å². The number of benzene rings is 1. The van der Waals surface area contributed by atoms with Crippen molar-refractivity contribution >= 4 is 17.5 Å². The highest BCUT2D eigenvalue weighted by Crippen LogP contribution is 2.33. The molecule has 0 radical (unpaired) electrons. The van der Waals surface area contributed by atoms with E-state index in [0.29, 0.717) is 0 Å². The van der Waals surface area contributed by atoms with Crippen molar-refractivity contribution in [2.24, 2.45) is 0 Å². The summed E-state index contributed by atoms with van der Waals surface area (Å²) < 4.78 is 0. The van der Waals surface area contributed by atoms with Gasteiger partial charge < -0.3 is 10.0 Å². The van der Waals surface area contributed by atoms with Gasteiger partial charge in [-0.2, -0.15) is 0 Å². The Morgan fingerprint density at radius 2 is 1.83 bits per heavy atom. The molecule has 0 aliphatic heterocycles. The number of anilines is 2. The first kappa shape index (κ1) is 18.0. The number of hydrogen-bond donors (Lipinski definition) is 1. The Morgan fingerprint density at radius 3 is 2.29 bits per heavy atom. The van der Waals surface area contributed by atoms with Crippen LogP contribution in [-0.4, -0.2) is 22.1 Å². The number of carbonyl (C=O) groups is 1. The Balaban J connectivity index is 2.53. The lowest BCUT2D eigenvalue weighted by molar-refractivity contribution is 0.0696. The highest BCUT2D eigenvalue weighted by atomic mass is 16.4. The van der Waals surface area contributed by atoms with Crippen molar-refractivity contribution in [1.82, 2.24) is 4.98 Å². The summed E-state index contributed by atoms with van der Waals surface area (Å²) in [5.74, 6) is -0.208. The normalized spacial score (nSPS) is 11.6. The number of aromatic nitrogens is 1. The second kappa shape index (κ2) is 6.63. The number of rotatable bonds is 4. The van der Waals surface area contributed by atoms with E-state index in [1.54, 1.807) is 12.1 Å². The van der Waals surface area contributed by atoms with Crippen molar-refractivity contribution in [1.29, 1.82) is 0 Å². The first-order valence-corrected chi connectivity index (χ1v) is 8.21. The van der Waals surface area contributed by atoms with E-state index in [-0.39, 0.29) is 17.0 Å². The molecule has 0 bridgehead atoms. The second-order valence-electron chi connectivity index (χ2n) is 7.43. The molecule has 0 unspecified atom stereocenters. The highest BCUT2D eigenvalue weighted by Gasteiger charge is 2.20. The third kappa shape index (κ3) is 3.75. The molecular weight excluding hydrogens is 300 g/mol. The Morgan fingerprint density at radius 1 is 1.17 bits per heavy atom. The maximum atomic E-state index is 11.0. The fraction of sp³-hybridized carbons (Fsp3) is 0.400. The number of aromatic carboxylic acids is 1. The molecule has 0 aliphatic rings. The molecule has 0 spiro atoms. The molecule has 0 saturated heterocycles. The SMILES string of the molecule is Cc1ccc(C(C)(C)C)cc1N(c1ccc(C(=O)O)cn1)C(C)C. The smallest absolute Gasteiger partial charge is 0.337 e. The third-order valence-corrected chi connectivity index (χ3v) is 4.09. The Bertz CT molecular complexity index is 728. The van der Waals surface area contributed by atoms with E-state index in [1.165, 1.54) is 17.3 Å². The minimum atomic E-state index is -0.962. The van der Waals surface area contributed by atoms with Crippen molar-refractivity contribution < 1.29 is 9.90 Å². The lowest BCUT2D eigenvalue weighted by atomic mass is 9.86. The number of aryl methyl sites for hydroxylation is 1. The van der Waals surface area contributed by atoms with Crippen LogP contribution in [0, 0.1) is 6.92 Å². The van der Waals surface area contributed by atoms with Gasteiger partial charge in [0.15, 0.2) is 0 Å². The molecule has 0 aliphatic carbocycles. The summed E-state index contributed by atoms with van der Waals surface area (Å²) in [5.41, 5.74) is 3.79. The van der Waals surface area contributed by atoms with Gasteiger partial charge in [-0.25, -0.2) is 9.78 Å². The van der Waals surface area contributed by atoms with Crippen LogP contribution in [0.25, 0.3) is 0 Å². The van der Waals surface area contributed by atoms with E-state index in [9.17, 15) is 4.79 Å². The molecule has 0 amide bonds. The van der Waals surface area contributed by atoms with E-state index in [2.05, 4.69) is 69.6 Å². The summed E-state index contributed by atoms with van der Waals surface area (Å²) in [7, 11) is 0. The predicted molar refractivity (Wildman–Crippen MR) is 98.4 cm³/mol. The first-order chi connectivity index (χ1) is 11.1. The van der Waals surface area contributed by atoms with Gasteiger partial charge in [-0.05, 0) is 55.5 Å². The van der Waals surface area contributed by atoms with E-state index < -0.39 is 5.97 Å². The van der Waals surface area contributed by atoms with Crippen LogP contribution >= 0.6 is 0 Å². The molecule has 0 saturated carbocycles. The zero-order chi connectivity index (χ0) is 18.1. The molecule has 1 N–H and O–H groups in total. The quantitative estimate of drug-likeness (QED) is 0.865. The summed E-state index contributed by atoms with van der Waals surface area (Å²) in [6, 6.07) is 10.1. The monoisotopic (exact) mass is 326 g/mol. The van der Waals surface area contributed by atoms with Crippen molar-refractivity contribution in [2.75, 3.05) is 4.90 Å². The maximum Gasteiger partial charge on any atom is 0.337 e. The van der Waals surface area contributed by atoms with Crippen LogP contribution in [0.1, 0.15) is 56.1 Å². The average Bonchev–Trinajstić information content (AvgIpc) is 2.48. The van der Waals surface area contributed by atoms with Crippen molar-refractivity contribution in [3.63, 3.8) is 0 Å². The molecular formula is C20H26N2O2. The van der Waals surface area contributed by atoms with Crippen LogP contribution in [0.3, 0.4) is 0 Å². The lowest BCUT2D eigenvalue weighted by Gasteiger charge is -2.31. The lowest BCUT2D eigenvalue weighted by Crippen LogP contribution is -2.27. The van der Waals surface area contributed by atoms with Gasteiger partial charge in [0.1, 0.15) is 5.82 Å². The number of hydrogen-bond acceptors (Lipinski definition) is 3. The van der Waals surface area contributed by atoms with Crippen LogP contribution in [0.4, 0.5) is 11.5 Å². The van der Waals surface area contributed by atoms with Gasteiger partial charge in [-0.1, -0.05) is 32.9 Å². The molecule has 1 aromatic heterocycles. The number of carboxylic acids is 1. The number of nitrogens with zero attached hydrogens (tertiary/aromatic N) is 2. The largest absolute Gasteiger partial charge is 0.478 e. The molecule has 0 fully saturated rings. The van der Waals surface area contributed by atoms with Crippen LogP contribution in [0.2, 0.25) is 0 Å². The standard InChI is InChI=1S/C20H26N2O2/c1-13(2)22(18-10-8-15(12-21-18)19(23)24)17-11-16(20(4,5)6)9-7-14(17)3/h7-13H,1-6H3,(H,23,24). The third-order valence-electron chi connectivity index (χ3n) is 4.09. The van der Waals surface area contributed by atoms with Gasteiger partial charge in [-0.15, -0.1) is 0 Å². The van der Waals surface area contributed by atoms with Gasteiger partial charge in [0.05, 0.1) is 5.56 Å². The molecule has 128 valence electrons. The van der Waals surface area contributed by atoms with Gasteiger partial charge in [0.2, 0.25) is 0 Å². The van der Waals surface area contributed by atoms with Gasteiger partial charge in [0.25, 0.3) is 0 Å². The summed E-state index contributed by atoms with van der Waals surface area (Å²) in [6.07, 6.45) is 1.41. The predicted octanol–water partition coefficient (Wildman–Crippen LogP) is 4.93. The fourth-order valence-corrected chi connectivity index (χ4v) is 2.66. The van der Waals surface area contributed by atoms with E-state index >= 15 is 0 Å². The summed E-state index contributed by atoms with van der Waals surface area (Å²) >= 11 is 0. The average molecular weight is 326 g/mol. The van der Waals surface area contributed by atoms with Crippen molar-refractivity contribution in [3.05, 3.63) is 53.2 Å². The second-order valence-corrected chi connectivity index (χ2v) is 7.43. The Hall–Kier alpha value is -2.36. The van der Waals surface area contributed by atoms with Crippen molar-refractivity contribution in [2.45, 2.75) is 53.0 Å². The molecule has 4 heteroatoms. The fourth-order valence-electron chi connectivity index (χ4n) is 2.66. The zero-order valence-corrected chi connectivity index (χ0v) is 15.3. The number of pyridine rings is 1. The minimum absolute atomic E-state index is 0.0612. The highest BCUT2D eigenvalue weighted by molar-refractivity contribution is 5.87. The van der Waals surface area contributed by atoms with Crippen LogP contribution in [-0.2, 0) is 5.41 Å². The molecule has 4 nitrogen and oxygen atoms in total. The van der Waals surface area contributed by atoms with Crippen LogP contribution < -0.4 is 4.90 Å². The minimum Gasteiger partial charge on any atom is -0.478 e. The Kier molecular flexibility index (Phi) is 4.97. The van der Waals surface area contributed by atoms with Crippen LogP contribution in [0.5, 0.6) is 0 Å². The molecule has 0 atom stereocenters.